The third kappa shape index (κ3) is 5.93. The molecule has 2 aliphatic rings. The van der Waals surface area contributed by atoms with E-state index in [9.17, 15) is 13.7 Å². The van der Waals surface area contributed by atoms with Gasteiger partial charge in [-0.1, -0.05) is 15.9 Å². The molecular formula is C19H26Br2N4O3S. The highest BCUT2D eigenvalue weighted by molar-refractivity contribution is 9.11. The first kappa shape index (κ1) is 23.0. The molecule has 0 bridgehead atoms. The highest BCUT2D eigenvalue weighted by Crippen LogP contribution is 2.28. The lowest BCUT2D eigenvalue weighted by molar-refractivity contribution is 0.0910. The summed E-state index contributed by atoms with van der Waals surface area (Å²) < 4.78 is 35.0. The molecule has 2 atom stereocenters. The van der Waals surface area contributed by atoms with Gasteiger partial charge >= 0.3 is 0 Å². The quantitative estimate of drug-likeness (QED) is 0.526. The van der Waals surface area contributed by atoms with E-state index in [4.69, 9.17) is 4.74 Å². The molecule has 160 valence electrons. The smallest absolute Gasteiger partial charge is 0.242 e. The predicted molar refractivity (Wildman–Crippen MR) is 118 cm³/mol. The lowest BCUT2D eigenvalue weighted by atomic mass is 9.97. The van der Waals surface area contributed by atoms with Crippen molar-refractivity contribution in [3.63, 3.8) is 0 Å². The van der Waals surface area contributed by atoms with Crippen molar-refractivity contribution >= 4 is 41.9 Å². The van der Waals surface area contributed by atoms with Crippen molar-refractivity contribution in [2.75, 3.05) is 39.9 Å². The summed E-state index contributed by atoms with van der Waals surface area (Å²) in [4.78, 5) is 4.28. The maximum Gasteiger partial charge on any atom is 0.242 e. The van der Waals surface area contributed by atoms with E-state index < -0.39 is 10.0 Å². The van der Waals surface area contributed by atoms with Gasteiger partial charge in [-0.2, -0.15) is 5.26 Å². The van der Waals surface area contributed by atoms with Gasteiger partial charge in [0, 0.05) is 41.8 Å². The van der Waals surface area contributed by atoms with Gasteiger partial charge in [-0.15, -0.1) is 0 Å². The van der Waals surface area contributed by atoms with Crippen molar-refractivity contribution in [2.24, 2.45) is 5.92 Å². The summed E-state index contributed by atoms with van der Waals surface area (Å²) in [5, 5.41) is 9.54. The van der Waals surface area contributed by atoms with Crippen LogP contribution < -0.4 is 4.72 Å². The zero-order chi connectivity index (χ0) is 21.0. The van der Waals surface area contributed by atoms with Gasteiger partial charge in [-0.05, 0) is 72.4 Å². The molecule has 2 saturated heterocycles. The average Bonchev–Trinajstić information content (AvgIpc) is 3.06. The van der Waals surface area contributed by atoms with Gasteiger partial charge in [0.1, 0.15) is 0 Å². The SMILES string of the molecule is COCC1CCN(C[C@H]2C[C@@H](NS(=O)(=O)c3cc(Br)ccc3Br)CN2C#N)CC1. The molecule has 1 aromatic carbocycles. The summed E-state index contributed by atoms with van der Waals surface area (Å²) in [6.07, 6.45) is 5.06. The van der Waals surface area contributed by atoms with E-state index in [1.54, 1.807) is 30.2 Å². The van der Waals surface area contributed by atoms with Gasteiger partial charge in [-0.25, -0.2) is 13.1 Å². The zero-order valence-corrected chi connectivity index (χ0v) is 20.3. The van der Waals surface area contributed by atoms with Crippen LogP contribution in [-0.4, -0.2) is 70.2 Å². The van der Waals surface area contributed by atoms with Crippen LogP contribution in [0.2, 0.25) is 0 Å². The Morgan fingerprint density at radius 1 is 1.31 bits per heavy atom. The van der Waals surface area contributed by atoms with Crippen molar-refractivity contribution in [3.05, 3.63) is 27.1 Å². The molecule has 1 N–H and O–H groups in total. The summed E-state index contributed by atoms with van der Waals surface area (Å²) in [5.41, 5.74) is 0. The normalized spacial score (nSPS) is 24.0. The molecule has 0 aromatic heterocycles. The van der Waals surface area contributed by atoms with E-state index in [-0.39, 0.29) is 17.0 Å². The van der Waals surface area contributed by atoms with E-state index in [2.05, 4.69) is 47.7 Å². The minimum absolute atomic E-state index is 0.0256. The van der Waals surface area contributed by atoms with Crippen molar-refractivity contribution in [3.8, 4) is 6.19 Å². The third-order valence-electron chi connectivity index (χ3n) is 5.63. The molecule has 10 heteroatoms. The standard InChI is InChI=1S/C19H26Br2N4O3S/c1-28-12-14-4-6-24(7-5-14)11-17-9-16(10-25(17)13-22)23-29(26,27)19-8-15(20)2-3-18(19)21/h2-3,8,14,16-17,23H,4-7,9-12H2,1H3/t16-,17-/m1/s1. The molecule has 0 radical (unpaired) electrons. The molecule has 2 fully saturated rings. The number of likely N-dealkylation sites (tertiary alicyclic amines) is 2. The van der Waals surface area contributed by atoms with E-state index in [1.807, 2.05) is 0 Å². The van der Waals surface area contributed by atoms with E-state index >= 15 is 0 Å². The summed E-state index contributed by atoms with van der Waals surface area (Å²) >= 11 is 6.64. The molecule has 2 heterocycles. The summed E-state index contributed by atoms with van der Waals surface area (Å²) in [5.74, 6) is 0.607. The molecule has 7 nitrogen and oxygen atoms in total. The van der Waals surface area contributed by atoms with Gasteiger partial charge in [0.25, 0.3) is 0 Å². The maximum atomic E-state index is 12.9. The largest absolute Gasteiger partial charge is 0.384 e. The fourth-order valence-electron chi connectivity index (χ4n) is 4.13. The van der Waals surface area contributed by atoms with Crippen LogP contribution in [0.1, 0.15) is 19.3 Å². The Balaban J connectivity index is 1.60. The molecule has 0 amide bonds. The molecule has 0 spiro atoms. The number of hydrogen-bond acceptors (Lipinski definition) is 6. The first-order chi connectivity index (χ1) is 13.8. The van der Waals surface area contributed by atoms with Crippen LogP contribution in [0.3, 0.4) is 0 Å². The van der Waals surface area contributed by atoms with Gasteiger partial charge in [0.15, 0.2) is 6.19 Å². The Bertz CT molecular complexity index is 854. The van der Waals surface area contributed by atoms with Crippen molar-refractivity contribution < 1.29 is 13.2 Å². The average molecular weight is 550 g/mol. The third-order valence-corrected chi connectivity index (χ3v) is 8.63. The van der Waals surface area contributed by atoms with Crippen LogP contribution in [0.25, 0.3) is 0 Å². The maximum absolute atomic E-state index is 12.9. The predicted octanol–water partition coefficient (Wildman–Crippen LogP) is 2.77. The van der Waals surface area contributed by atoms with Gasteiger partial charge < -0.3 is 14.5 Å². The fraction of sp³-hybridized carbons (Fsp3) is 0.632. The second-order valence-corrected chi connectivity index (χ2v) is 11.2. The zero-order valence-electron chi connectivity index (χ0n) is 16.4. The highest BCUT2D eigenvalue weighted by Gasteiger charge is 2.36. The van der Waals surface area contributed by atoms with Crippen molar-refractivity contribution in [2.45, 2.75) is 36.2 Å². The first-order valence-electron chi connectivity index (χ1n) is 9.67. The number of nitrogens with one attached hydrogen (secondary N) is 1. The van der Waals surface area contributed by atoms with Gasteiger partial charge in [0.05, 0.1) is 10.9 Å². The first-order valence-corrected chi connectivity index (χ1v) is 12.7. The minimum Gasteiger partial charge on any atom is -0.384 e. The van der Waals surface area contributed by atoms with Crippen LogP contribution in [-0.2, 0) is 14.8 Å². The van der Waals surface area contributed by atoms with Crippen molar-refractivity contribution in [1.29, 1.82) is 5.26 Å². The van der Waals surface area contributed by atoms with Crippen molar-refractivity contribution in [1.82, 2.24) is 14.5 Å². The molecule has 2 aliphatic heterocycles. The summed E-state index contributed by atoms with van der Waals surface area (Å²) in [7, 11) is -1.95. The molecular weight excluding hydrogens is 524 g/mol. The molecule has 1 aromatic rings. The lowest BCUT2D eigenvalue weighted by Crippen LogP contribution is -2.42. The number of rotatable bonds is 7. The molecule has 29 heavy (non-hydrogen) atoms. The number of hydrogen-bond donors (Lipinski definition) is 1. The van der Waals surface area contributed by atoms with Crippen LogP contribution >= 0.6 is 31.9 Å². The van der Waals surface area contributed by atoms with Gasteiger partial charge in [-0.3, -0.25) is 0 Å². The number of sulfonamides is 1. The van der Waals surface area contributed by atoms with E-state index in [0.717, 1.165) is 39.1 Å². The lowest BCUT2D eigenvalue weighted by Gasteiger charge is -2.34. The van der Waals surface area contributed by atoms with Crippen LogP contribution in [0.15, 0.2) is 32.0 Å². The molecule has 3 rings (SSSR count). The molecule has 0 saturated carbocycles. The van der Waals surface area contributed by atoms with E-state index in [1.165, 1.54) is 0 Å². The number of ether oxygens (including phenoxy) is 1. The van der Waals surface area contributed by atoms with Crippen LogP contribution in [0.5, 0.6) is 0 Å². The Labute approximate surface area is 189 Å². The highest BCUT2D eigenvalue weighted by atomic mass is 79.9. The Morgan fingerprint density at radius 2 is 2.03 bits per heavy atom. The number of methoxy groups -OCH3 is 1. The Morgan fingerprint density at radius 3 is 2.69 bits per heavy atom. The van der Waals surface area contributed by atoms with Gasteiger partial charge in [0.2, 0.25) is 10.0 Å². The second-order valence-electron chi connectivity index (χ2n) is 7.73. The monoisotopic (exact) mass is 548 g/mol. The Hall–Kier alpha value is -0.700. The van der Waals surface area contributed by atoms with E-state index in [0.29, 0.717) is 27.8 Å². The number of nitriles is 1. The van der Waals surface area contributed by atoms with Crippen LogP contribution in [0, 0.1) is 17.4 Å². The van der Waals surface area contributed by atoms with Crippen LogP contribution in [0.4, 0.5) is 0 Å². The molecule has 0 aliphatic carbocycles. The Kier molecular flexibility index (Phi) is 7.98. The number of piperidine rings is 1. The number of nitrogens with zero attached hydrogens (tertiary/aromatic N) is 3. The summed E-state index contributed by atoms with van der Waals surface area (Å²) in [6, 6.07) is 4.79. The number of benzene rings is 1. The fourth-order valence-corrected chi connectivity index (χ4v) is 6.88. The molecule has 0 unspecified atom stereocenters. The topological polar surface area (TPSA) is 85.7 Å². The number of halogens is 2. The minimum atomic E-state index is -3.69. The summed E-state index contributed by atoms with van der Waals surface area (Å²) in [6.45, 7) is 3.96. The second kappa shape index (κ2) is 10.1.